The second-order valence-electron chi connectivity index (χ2n) is 6.13. The number of carbonyl (C=O) groups excluding carboxylic acids is 2. The molecule has 0 bridgehead atoms. The average molecular weight is 422 g/mol. The van der Waals surface area contributed by atoms with Gasteiger partial charge < -0.3 is 20.6 Å². The number of hydrazine groups is 1. The molecule has 2 aromatic carbocycles. The standard InChI is InChI=1S/C19H17Cl2N3O4/c1-11(9-19(27)13-4-2-3-5-15(13)22-18(19)26)23-24-17(25)10-28-16-7-6-12(20)8-14(16)21/h2-9,23,27H,10H2,1H3,(H,22,26)(H,24,25)/b11-9-/t19-/m1/s1. The van der Waals surface area contributed by atoms with E-state index in [9.17, 15) is 14.7 Å². The lowest BCUT2D eigenvalue weighted by molar-refractivity contribution is -0.129. The Morgan fingerprint density at radius 2 is 2.00 bits per heavy atom. The first-order valence-corrected chi connectivity index (χ1v) is 9.00. The van der Waals surface area contributed by atoms with E-state index in [0.29, 0.717) is 27.7 Å². The Balaban J connectivity index is 1.58. The summed E-state index contributed by atoms with van der Waals surface area (Å²) in [5.74, 6) is -0.731. The van der Waals surface area contributed by atoms with Gasteiger partial charge in [0.25, 0.3) is 11.8 Å². The average Bonchev–Trinajstić information content (AvgIpc) is 2.90. The number of hydrogen-bond acceptors (Lipinski definition) is 5. The molecule has 4 N–H and O–H groups in total. The predicted octanol–water partition coefficient (Wildman–Crippen LogP) is 2.74. The summed E-state index contributed by atoms with van der Waals surface area (Å²) in [5, 5.41) is 14.1. The van der Waals surface area contributed by atoms with Crippen molar-refractivity contribution in [2.75, 3.05) is 11.9 Å². The Labute approximate surface area is 171 Å². The Morgan fingerprint density at radius 1 is 1.25 bits per heavy atom. The van der Waals surface area contributed by atoms with Gasteiger partial charge in [0, 0.05) is 22.0 Å². The van der Waals surface area contributed by atoms with Crippen LogP contribution in [0.2, 0.25) is 10.0 Å². The highest BCUT2D eigenvalue weighted by atomic mass is 35.5. The van der Waals surface area contributed by atoms with Crippen LogP contribution in [0.15, 0.2) is 54.2 Å². The zero-order chi connectivity index (χ0) is 20.3. The first kappa shape index (κ1) is 20.0. The van der Waals surface area contributed by atoms with Gasteiger partial charge in [-0.15, -0.1) is 0 Å². The largest absolute Gasteiger partial charge is 0.482 e. The van der Waals surface area contributed by atoms with E-state index >= 15 is 0 Å². The van der Waals surface area contributed by atoms with Gasteiger partial charge in [-0.3, -0.25) is 15.0 Å². The summed E-state index contributed by atoms with van der Waals surface area (Å²) in [6, 6.07) is 11.5. The molecule has 0 saturated carbocycles. The van der Waals surface area contributed by atoms with Gasteiger partial charge in [0.2, 0.25) is 0 Å². The van der Waals surface area contributed by atoms with Crippen LogP contribution >= 0.6 is 23.2 Å². The van der Waals surface area contributed by atoms with E-state index < -0.39 is 17.4 Å². The summed E-state index contributed by atoms with van der Waals surface area (Å²) in [7, 11) is 0. The fourth-order valence-electron chi connectivity index (χ4n) is 2.70. The lowest BCUT2D eigenvalue weighted by Crippen LogP contribution is -2.40. The van der Waals surface area contributed by atoms with Gasteiger partial charge >= 0.3 is 0 Å². The first-order valence-electron chi connectivity index (χ1n) is 8.25. The molecule has 0 aliphatic carbocycles. The normalized spacial score (nSPS) is 18.3. The summed E-state index contributed by atoms with van der Waals surface area (Å²) < 4.78 is 5.33. The molecule has 0 aromatic heterocycles. The molecule has 0 unspecified atom stereocenters. The van der Waals surface area contributed by atoms with Gasteiger partial charge in [-0.2, -0.15) is 0 Å². The van der Waals surface area contributed by atoms with Crippen molar-refractivity contribution in [2.45, 2.75) is 12.5 Å². The minimum Gasteiger partial charge on any atom is -0.482 e. The van der Waals surface area contributed by atoms with Gasteiger partial charge in [-0.1, -0.05) is 41.4 Å². The van der Waals surface area contributed by atoms with Crippen LogP contribution in [0.1, 0.15) is 12.5 Å². The van der Waals surface area contributed by atoms with Crippen LogP contribution in [-0.2, 0) is 15.2 Å². The SMILES string of the molecule is C/C(=C/[C@]1(O)C(=O)Nc2ccccc21)NNC(=O)COc1ccc(Cl)cc1Cl. The van der Waals surface area contributed by atoms with E-state index in [1.54, 1.807) is 43.3 Å². The van der Waals surface area contributed by atoms with Gasteiger partial charge in [0.1, 0.15) is 5.75 Å². The monoisotopic (exact) mass is 421 g/mol. The molecule has 0 fully saturated rings. The number of rotatable bonds is 6. The number of benzene rings is 2. The van der Waals surface area contributed by atoms with Gasteiger partial charge in [0.05, 0.1) is 5.02 Å². The molecule has 0 spiro atoms. The Kier molecular flexibility index (Phi) is 5.79. The molecule has 0 saturated heterocycles. The van der Waals surface area contributed by atoms with Crippen molar-refractivity contribution >= 4 is 40.7 Å². The zero-order valence-corrected chi connectivity index (χ0v) is 16.3. The van der Waals surface area contributed by atoms with E-state index in [1.807, 2.05) is 0 Å². The highest BCUT2D eigenvalue weighted by molar-refractivity contribution is 6.35. The lowest BCUT2D eigenvalue weighted by Gasteiger charge is -2.18. The summed E-state index contributed by atoms with van der Waals surface area (Å²) in [6.45, 7) is 1.30. The van der Waals surface area contributed by atoms with Crippen LogP contribution < -0.4 is 20.9 Å². The minimum atomic E-state index is -1.83. The number of nitrogens with one attached hydrogen (secondary N) is 3. The number of ether oxygens (including phenoxy) is 1. The van der Waals surface area contributed by atoms with Crippen LogP contribution in [0, 0.1) is 0 Å². The summed E-state index contributed by atoms with van der Waals surface area (Å²) in [6.07, 6.45) is 1.32. The van der Waals surface area contributed by atoms with E-state index in [0.717, 1.165) is 0 Å². The third kappa shape index (κ3) is 4.22. The highest BCUT2D eigenvalue weighted by Gasteiger charge is 2.43. The molecular formula is C19H17Cl2N3O4. The van der Waals surface area contributed by atoms with Crippen molar-refractivity contribution in [3.63, 3.8) is 0 Å². The molecule has 1 aliphatic rings. The van der Waals surface area contributed by atoms with Gasteiger partial charge in [0.15, 0.2) is 12.2 Å². The maximum atomic E-state index is 12.2. The van der Waals surface area contributed by atoms with E-state index in [1.165, 1.54) is 12.1 Å². The Hall–Kier alpha value is -2.74. The zero-order valence-electron chi connectivity index (χ0n) is 14.8. The number of anilines is 1. The molecule has 146 valence electrons. The maximum absolute atomic E-state index is 12.2. The van der Waals surface area contributed by atoms with Crippen LogP contribution in [0.4, 0.5) is 5.69 Å². The lowest BCUT2D eigenvalue weighted by atomic mass is 9.94. The van der Waals surface area contributed by atoms with E-state index in [-0.39, 0.29) is 11.6 Å². The number of allylic oxidation sites excluding steroid dienone is 1. The Bertz CT molecular complexity index is 964. The molecule has 0 radical (unpaired) electrons. The third-order valence-corrected chi connectivity index (χ3v) is 4.54. The van der Waals surface area contributed by atoms with Crippen molar-refractivity contribution in [1.29, 1.82) is 0 Å². The summed E-state index contributed by atoms with van der Waals surface area (Å²) in [5.41, 5.74) is 4.57. The number of hydrogen-bond donors (Lipinski definition) is 4. The van der Waals surface area contributed by atoms with E-state index in [4.69, 9.17) is 27.9 Å². The van der Waals surface area contributed by atoms with Crippen molar-refractivity contribution in [3.05, 3.63) is 69.8 Å². The van der Waals surface area contributed by atoms with Gasteiger partial charge in [-0.25, -0.2) is 0 Å². The van der Waals surface area contributed by atoms with Crippen molar-refractivity contribution < 1.29 is 19.4 Å². The number of aliphatic hydroxyl groups is 1. The van der Waals surface area contributed by atoms with Crippen LogP contribution in [-0.4, -0.2) is 23.5 Å². The predicted molar refractivity (Wildman–Crippen MR) is 106 cm³/mol. The fourth-order valence-corrected chi connectivity index (χ4v) is 3.16. The van der Waals surface area contributed by atoms with Crippen LogP contribution in [0.3, 0.4) is 0 Å². The highest BCUT2D eigenvalue weighted by Crippen LogP contribution is 2.37. The van der Waals surface area contributed by atoms with Crippen molar-refractivity contribution in [3.8, 4) is 5.75 Å². The number of fused-ring (bicyclic) bond motifs is 1. The maximum Gasteiger partial charge on any atom is 0.276 e. The molecule has 2 amide bonds. The number of para-hydroxylation sites is 1. The fraction of sp³-hybridized carbons (Fsp3) is 0.158. The second-order valence-corrected chi connectivity index (χ2v) is 6.97. The summed E-state index contributed by atoms with van der Waals surface area (Å²) >= 11 is 11.8. The molecule has 28 heavy (non-hydrogen) atoms. The molecular weight excluding hydrogens is 405 g/mol. The van der Waals surface area contributed by atoms with E-state index in [2.05, 4.69) is 16.2 Å². The van der Waals surface area contributed by atoms with Crippen LogP contribution in [0.25, 0.3) is 0 Å². The number of amides is 2. The molecule has 7 nitrogen and oxygen atoms in total. The smallest absolute Gasteiger partial charge is 0.276 e. The summed E-state index contributed by atoms with van der Waals surface area (Å²) in [4.78, 5) is 24.1. The van der Waals surface area contributed by atoms with Crippen molar-refractivity contribution in [2.24, 2.45) is 0 Å². The minimum absolute atomic E-state index is 0.289. The third-order valence-electron chi connectivity index (χ3n) is 4.01. The van der Waals surface area contributed by atoms with Crippen molar-refractivity contribution in [1.82, 2.24) is 10.9 Å². The molecule has 1 aliphatic heterocycles. The number of halogens is 2. The van der Waals surface area contributed by atoms with Gasteiger partial charge in [-0.05, 0) is 37.3 Å². The quantitative estimate of drug-likeness (QED) is 0.537. The molecule has 9 heteroatoms. The number of carbonyl (C=O) groups is 2. The first-order chi connectivity index (χ1) is 13.3. The second kappa shape index (κ2) is 8.10. The molecule has 2 aromatic rings. The van der Waals surface area contributed by atoms with Crippen LogP contribution in [0.5, 0.6) is 5.75 Å². The Morgan fingerprint density at radius 3 is 2.75 bits per heavy atom. The molecule has 1 atom stereocenters. The molecule has 1 heterocycles. The molecule has 3 rings (SSSR count). The topological polar surface area (TPSA) is 99.7 Å².